The van der Waals surface area contributed by atoms with Crippen LogP contribution in [0.25, 0.3) is 0 Å². The number of nitrogens with zero attached hydrogens (tertiary/aromatic N) is 1. The molecular weight excluding hydrogens is 601 g/mol. The number of ether oxygens (including phenoxy) is 3. The van der Waals surface area contributed by atoms with Crippen LogP contribution in [0.15, 0.2) is 52.2 Å². The predicted octanol–water partition coefficient (Wildman–Crippen LogP) is 1.56. The van der Waals surface area contributed by atoms with Gasteiger partial charge in [0.2, 0.25) is 0 Å². The zero-order chi connectivity index (χ0) is 29.1. The highest BCUT2D eigenvalue weighted by Gasteiger charge is 2.54. The van der Waals surface area contributed by atoms with E-state index in [-0.39, 0.29) is 13.0 Å². The van der Waals surface area contributed by atoms with Crippen LogP contribution >= 0.6 is 23.5 Å². The number of fused-ring (bicyclic) bond motifs is 1. The number of rotatable bonds is 13. The van der Waals surface area contributed by atoms with Gasteiger partial charge in [-0.15, -0.1) is 0 Å². The molecule has 0 amide bonds. The van der Waals surface area contributed by atoms with Gasteiger partial charge >= 0.3 is 29.2 Å². The second kappa shape index (κ2) is 12.6. The molecule has 4 N–H and O–H groups in total. The van der Waals surface area contributed by atoms with Gasteiger partial charge in [0.15, 0.2) is 12.5 Å². The van der Waals surface area contributed by atoms with Gasteiger partial charge in [0, 0.05) is 18.7 Å². The fourth-order valence-corrected chi connectivity index (χ4v) is 7.59. The molecule has 2 aromatic rings. The van der Waals surface area contributed by atoms with Gasteiger partial charge in [0.1, 0.15) is 18.3 Å². The molecule has 20 heteroatoms. The SMILES string of the molecule is CCCOP(=O)(O)OP(=O)(O)OP(=O)(O)OC[C@H]1O[C@@H](n2ccc(=O)[nH]c2=O)[C@H]2OC(Cc3ccccc3)OC12. The first-order chi connectivity index (χ1) is 18.8. The molecule has 1 aromatic heterocycles. The third-order valence-electron chi connectivity index (χ3n) is 5.55. The number of aromatic nitrogens is 2. The van der Waals surface area contributed by atoms with Crippen molar-refractivity contribution in [2.75, 3.05) is 13.2 Å². The number of hydrogen-bond acceptors (Lipinski definition) is 12. The lowest BCUT2D eigenvalue weighted by molar-refractivity contribution is -0.150. The minimum Gasteiger partial charge on any atom is -0.346 e. The normalized spacial score (nSPS) is 28.9. The van der Waals surface area contributed by atoms with Gasteiger partial charge in [0.25, 0.3) is 5.56 Å². The fraction of sp³-hybridized carbons (Fsp3) is 0.500. The van der Waals surface area contributed by atoms with E-state index in [2.05, 4.69) is 18.1 Å². The average Bonchev–Trinajstić information content (AvgIpc) is 3.40. The fourth-order valence-electron chi connectivity index (χ4n) is 3.99. The highest BCUT2D eigenvalue weighted by atomic mass is 31.3. The Morgan fingerprint density at radius 3 is 2.20 bits per heavy atom. The molecule has 2 fully saturated rings. The molecule has 0 spiro atoms. The van der Waals surface area contributed by atoms with Crippen LogP contribution in [0.3, 0.4) is 0 Å². The van der Waals surface area contributed by atoms with Crippen molar-refractivity contribution in [3.63, 3.8) is 0 Å². The lowest BCUT2D eigenvalue weighted by Gasteiger charge is -2.22. The van der Waals surface area contributed by atoms with Crippen LogP contribution in [0.2, 0.25) is 0 Å². The van der Waals surface area contributed by atoms with Crippen molar-refractivity contribution in [3.05, 3.63) is 69.0 Å². The van der Waals surface area contributed by atoms with E-state index in [1.807, 2.05) is 30.3 Å². The summed E-state index contributed by atoms with van der Waals surface area (Å²) < 4.78 is 72.2. The molecule has 1 aromatic carbocycles. The highest BCUT2D eigenvalue weighted by Crippen LogP contribution is 2.67. The number of aromatic amines is 1. The van der Waals surface area contributed by atoms with E-state index >= 15 is 0 Å². The smallest absolute Gasteiger partial charge is 0.346 e. The number of phosphoric acid groups is 3. The Morgan fingerprint density at radius 2 is 1.55 bits per heavy atom. The van der Waals surface area contributed by atoms with E-state index in [9.17, 15) is 38.0 Å². The topological polar surface area (TPSA) is 231 Å². The zero-order valence-electron chi connectivity index (χ0n) is 20.8. The Bertz CT molecular complexity index is 1430. The van der Waals surface area contributed by atoms with Gasteiger partial charge in [-0.05, 0) is 12.0 Å². The summed E-state index contributed by atoms with van der Waals surface area (Å²) in [6, 6.07) is 10.2. The van der Waals surface area contributed by atoms with E-state index in [1.54, 1.807) is 6.92 Å². The van der Waals surface area contributed by atoms with Gasteiger partial charge in [0.05, 0.1) is 13.2 Å². The first-order valence-corrected chi connectivity index (χ1v) is 16.3. The number of H-pyrrole nitrogens is 1. The van der Waals surface area contributed by atoms with E-state index in [4.69, 9.17) is 18.7 Å². The van der Waals surface area contributed by atoms with Crippen molar-refractivity contribution in [2.24, 2.45) is 0 Å². The van der Waals surface area contributed by atoms with Gasteiger partial charge < -0.3 is 28.9 Å². The van der Waals surface area contributed by atoms with Crippen LogP contribution in [-0.2, 0) is 52.0 Å². The summed E-state index contributed by atoms with van der Waals surface area (Å²) in [6.07, 6.45) is -3.31. The van der Waals surface area contributed by atoms with Crippen LogP contribution in [-0.4, -0.2) is 62.0 Å². The number of benzene rings is 1. The van der Waals surface area contributed by atoms with Crippen molar-refractivity contribution in [1.29, 1.82) is 0 Å². The molecule has 17 nitrogen and oxygen atoms in total. The van der Waals surface area contributed by atoms with Crippen molar-refractivity contribution >= 4 is 23.5 Å². The molecule has 2 aliphatic heterocycles. The molecule has 0 saturated carbocycles. The molecule has 2 saturated heterocycles. The molecule has 0 bridgehead atoms. The molecule has 0 aliphatic carbocycles. The number of nitrogens with one attached hydrogen (secondary N) is 1. The maximum absolute atomic E-state index is 12.4. The monoisotopic (exact) mass is 628 g/mol. The van der Waals surface area contributed by atoms with Crippen molar-refractivity contribution < 1.29 is 60.3 Å². The maximum atomic E-state index is 12.4. The molecule has 3 heterocycles. The molecule has 222 valence electrons. The van der Waals surface area contributed by atoms with Gasteiger partial charge in [-0.25, -0.2) is 18.5 Å². The minimum atomic E-state index is -5.63. The highest BCUT2D eigenvalue weighted by molar-refractivity contribution is 7.66. The van der Waals surface area contributed by atoms with Crippen molar-refractivity contribution in [3.8, 4) is 0 Å². The Kier molecular flexibility index (Phi) is 9.80. The molecule has 4 rings (SSSR count). The van der Waals surface area contributed by atoms with Crippen LogP contribution < -0.4 is 11.2 Å². The standard InChI is InChI=1S/C20H27N2O15P3/c1-2-10-31-38(25,26)36-40(29,30)37-39(27,28)32-12-14-17-18(19(33-14)22-9-8-15(23)21-20(22)24)35-16(34-17)11-13-6-4-3-5-7-13/h3-9,14,16-19H,2,10-12H2,1H3,(H,25,26)(H,27,28)(H,29,30)(H,21,23,24)/t14-,16?,17?,18+,19-/m1/s1. The predicted molar refractivity (Wildman–Crippen MR) is 133 cm³/mol. The van der Waals surface area contributed by atoms with Gasteiger partial charge in [-0.2, -0.15) is 8.62 Å². The molecule has 40 heavy (non-hydrogen) atoms. The zero-order valence-corrected chi connectivity index (χ0v) is 23.5. The summed E-state index contributed by atoms with van der Waals surface area (Å²) >= 11 is 0. The second-order valence-corrected chi connectivity index (χ2v) is 13.2. The van der Waals surface area contributed by atoms with Crippen LogP contribution in [0.4, 0.5) is 0 Å². The number of phosphoric ester groups is 2. The first-order valence-electron chi connectivity index (χ1n) is 11.8. The van der Waals surface area contributed by atoms with Crippen molar-refractivity contribution in [1.82, 2.24) is 9.55 Å². The minimum absolute atomic E-state index is 0.264. The summed E-state index contributed by atoms with van der Waals surface area (Å²) in [5.41, 5.74) is -0.598. The van der Waals surface area contributed by atoms with Crippen LogP contribution in [0.1, 0.15) is 25.1 Å². The molecule has 8 atom stereocenters. The van der Waals surface area contributed by atoms with E-state index in [1.165, 1.54) is 6.20 Å². The molecule has 0 radical (unpaired) electrons. The lowest BCUT2D eigenvalue weighted by atomic mass is 10.1. The lowest BCUT2D eigenvalue weighted by Crippen LogP contribution is -2.36. The van der Waals surface area contributed by atoms with E-state index < -0.39 is 72.2 Å². The summed E-state index contributed by atoms with van der Waals surface area (Å²) in [7, 11) is -16.1. The quantitative estimate of drug-likeness (QED) is 0.231. The van der Waals surface area contributed by atoms with E-state index in [0.717, 1.165) is 16.2 Å². The van der Waals surface area contributed by atoms with E-state index in [0.29, 0.717) is 6.42 Å². The van der Waals surface area contributed by atoms with Crippen molar-refractivity contribution in [2.45, 2.75) is 50.6 Å². The summed E-state index contributed by atoms with van der Waals surface area (Å²) in [4.78, 5) is 55.2. The van der Waals surface area contributed by atoms with Crippen LogP contribution in [0, 0.1) is 0 Å². The average molecular weight is 628 g/mol. The molecular formula is C20H27N2O15P3. The summed E-state index contributed by atoms with van der Waals surface area (Å²) in [6.45, 7) is 0.491. The molecule has 2 aliphatic rings. The Labute approximate surface area is 226 Å². The van der Waals surface area contributed by atoms with Gasteiger partial charge in [-0.1, -0.05) is 37.3 Å². The van der Waals surface area contributed by atoms with Gasteiger partial charge in [-0.3, -0.25) is 23.4 Å². The number of hydrogen-bond donors (Lipinski definition) is 4. The third kappa shape index (κ3) is 8.14. The Morgan fingerprint density at radius 1 is 0.900 bits per heavy atom. The first kappa shape index (κ1) is 31.1. The summed E-state index contributed by atoms with van der Waals surface area (Å²) in [5, 5.41) is 0. The Hall–Kier alpha value is -1.81. The summed E-state index contributed by atoms with van der Waals surface area (Å²) in [5.74, 6) is 0. The Balaban J connectivity index is 1.47. The van der Waals surface area contributed by atoms with Crippen LogP contribution in [0.5, 0.6) is 0 Å². The maximum Gasteiger partial charge on any atom is 0.490 e. The third-order valence-corrected chi connectivity index (χ3v) is 9.83. The molecule has 5 unspecified atom stereocenters. The second-order valence-electron chi connectivity index (χ2n) is 8.60. The largest absolute Gasteiger partial charge is 0.490 e.